The van der Waals surface area contributed by atoms with Crippen LogP contribution in [-0.4, -0.2) is 18.5 Å². The molecule has 0 bridgehead atoms. The van der Waals surface area contributed by atoms with Crippen molar-refractivity contribution in [3.05, 3.63) is 28.2 Å². The molecular weight excluding hydrogens is 323 g/mol. The van der Waals surface area contributed by atoms with Crippen LogP contribution >= 0.6 is 23.2 Å². The Kier molecular flexibility index (Phi) is 8.70. The lowest BCUT2D eigenvalue weighted by atomic mass is 10.1. The highest BCUT2D eigenvalue weighted by molar-refractivity contribution is 6.38. The number of nitrogens with one attached hydrogen (secondary N) is 2. The molecule has 0 unspecified atom stereocenters. The lowest BCUT2D eigenvalue weighted by Gasteiger charge is -2.08. The maximum Gasteiger partial charge on any atom is 0.321 e. The molecule has 0 spiro atoms. The average molecular weight is 345 g/mol. The summed E-state index contributed by atoms with van der Waals surface area (Å²) in [5, 5.41) is 5.91. The molecule has 0 saturated carbocycles. The van der Waals surface area contributed by atoms with Gasteiger partial charge in [0.2, 0.25) is 5.96 Å². The Balaban J connectivity index is 2.39. The highest BCUT2D eigenvalue weighted by Crippen LogP contribution is 2.32. The van der Waals surface area contributed by atoms with Gasteiger partial charge in [0.15, 0.2) is 0 Å². The number of amides is 2. The Hall–Kier alpha value is -1.46. The molecule has 1 rings (SSSR count). The van der Waals surface area contributed by atoms with E-state index in [1.807, 2.05) is 0 Å². The predicted molar refractivity (Wildman–Crippen MR) is 93.0 cm³/mol. The number of hydrogen-bond acceptors (Lipinski definition) is 2. The van der Waals surface area contributed by atoms with Crippen molar-refractivity contribution in [2.24, 2.45) is 10.7 Å². The van der Waals surface area contributed by atoms with Crippen molar-refractivity contribution in [1.29, 1.82) is 0 Å². The van der Waals surface area contributed by atoms with Crippen molar-refractivity contribution >= 4 is 40.9 Å². The Morgan fingerprint density at radius 1 is 1.18 bits per heavy atom. The van der Waals surface area contributed by atoms with Gasteiger partial charge >= 0.3 is 6.03 Å². The number of unbranched alkanes of at least 4 members (excludes halogenated alkanes) is 4. The average Bonchev–Trinajstić information content (AvgIpc) is 2.46. The summed E-state index contributed by atoms with van der Waals surface area (Å²) in [5.41, 5.74) is 6.01. The Morgan fingerprint density at radius 2 is 1.82 bits per heavy atom. The highest BCUT2D eigenvalue weighted by Gasteiger charge is 2.06. The molecule has 0 saturated heterocycles. The standard InChI is InChI=1S/C15H22Cl2N4O/c1-2-3-4-5-6-10-19-15(22)21-14(18)20-13-11(16)8-7-9-12(13)17/h7-9H,2-6,10H2,1H3,(H4,18,19,20,21,22). The van der Waals surface area contributed by atoms with Crippen LogP contribution in [0.25, 0.3) is 0 Å². The molecule has 0 heterocycles. The predicted octanol–water partition coefficient (Wildman–Crippen LogP) is 4.21. The van der Waals surface area contributed by atoms with Gasteiger partial charge in [-0.15, -0.1) is 0 Å². The number of nitrogens with two attached hydrogens (primary N) is 1. The van der Waals surface area contributed by atoms with E-state index >= 15 is 0 Å². The molecule has 0 fully saturated rings. The first-order valence-electron chi connectivity index (χ1n) is 7.37. The van der Waals surface area contributed by atoms with Gasteiger partial charge in [-0.05, 0) is 18.6 Å². The second-order valence-electron chi connectivity index (χ2n) is 4.86. The number of rotatable bonds is 7. The molecule has 0 aliphatic heterocycles. The van der Waals surface area contributed by atoms with E-state index in [4.69, 9.17) is 28.9 Å². The summed E-state index contributed by atoms with van der Waals surface area (Å²) in [4.78, 5) is 15.7. The third-order valence-electron chi connectivity index (χ3n) is 2.98. The smallest absolute Gasteiger partial charge is 0.321 e. The summed E-state index contributed by atoms with van der Waals surface area (Å²) in [7, 11) is 0. The van der Waals surface area contributed by atoms with Gasteiger partial charge in [-0.3, -0.25) is 5.32 Å². The SMILES string of the molecule is CCCCCCCNC(=O)NC(N)=Nc1c(Cl)cccc1Cl. The number of carbonyl (C=O) groups is 1. The normalized spacial score (nSPS) is 11.3. The molecule has 1 aromatic rings. The fourth-order valence-electron chi connectivity index (χ4n) is 1.84. The molecular formula is C15H22Cl2N4O. The van der Waals surface area contributed by atoms with Crippen molar-refractivity contribution in [3.63, 3.8) is 0 Å². The van der Waals surface area contributed by atoms with Crippen molar-refractivity contribution in [2.45, 2.75) is 39.0 Å². The largest absolute Gasteiger partial charge is 0.369 e. The maximum absolute atomic E-state index is 11.7. The number of halogens is 2. The molecule has 0 aliphatic carbocycles. The fraction of sp³-hybridized carbons (Fsp3) is 0.467. The zero-order chi connectivity index (χ0) is 16.4. The quantitative estimate of drug-likeness (QED) is 0.393. The summed E-state index contributed by atoms with van der Waals surface area (Å²) >= 11 is 12.0. The van der Waals surface area contributed by atoms with Crippen molar-refractivity contribution in [3.8, 4) is 0 Å². The summed E-state index contributed by atoms with van der Waals surface area (Å²) < 4.78 is 0. The van der Waals surface area contributed by atoms with Crippen LogP contribution in [0.4, 0.5) is 10.5 Å². The topological polar surface area (TPSA) is 79.5 Å². The number of aliphatic imine (C=N–C) groups is 1. The first kappa shape index (κ1) is 18.6. The van der Waals surface area contributed by atoms with Crippen LogP contribution in [0, 0.1) is 0 Å². The van der Waals surface area contributed by atoms with Crippen LogP contribution in [0.2, 0.25) is 10.0 Å². The molecule has 22 heavy (non-hydrogen) atoms. The minimum absolute atomic E-state index is 0.0570. The van der Waals surface area contributed by atoms with Gasteiger partial charge in [0.05, 0.1) is 10.0 Å². The summed E-state index contributed by atoms with van der Waals surface area (Å²) in [6.45, 7) is 2.77. The number of urea groups is 1. The molecule has 7 heteroatoms. The van der Waals surface area contributed by atoms with Crippen molar-refractivity contribution in [2.75, 3.05) is 6.54 Å². The monoisotopic (exact) mass is 344 g/mol. The molecule has 5 nitrogen and oxygen atoms in total. The molecule has 122 valence electrons. The Morgan fingerprint density at radius 3 is 2.45 bits per heavy atom. The summed E-state index contributed by atoms with van der Waals surface area (Å²) in [6, 6.07) is 4.62. The molecule has 0 radical (unpaired) electrons. The Bertz CT molecular complexity index is 500. The fourth-order valence-corrected chi connectivity index (χ4v) is 2.32. The molecule has 0 aliphatic rings. The second-order valence-corrected chi connectivity index (χ2v) is 5.68. The van der Waals surface area contributed by atoms with E-state index in [1.165, 1.54) is 19.3 Å². The van der Waals surface area contributed by atoms with Gasteiger partial charge < -0.3 is 11.1 Å². The van der Waals surface area contributed by atoms with Gasteiger partial charge in [0.1, 0.15) is 5.69 Å². The summed E-state index contributed by atoms with van der Waals surface area (Å²) in [5.74, 6) is -0.0570. The minimum atomic E-state index is -0.389. The van der Waals surface area contributed by atoms with Crippen LogP contribution in [0.1, 0.15) is 39.0 Å². The first-order chi connectivity index (χ1) is 10.5. The summed E-state index contributed by atoms with van der Waals surface area (Å²) in [6.07, 6.45) is 5.66. The molecule has 2 amide bonds. The van der Waals surface area contributed by atoms with Crippen LogP contribution in [0.3, 0.4) is 0 Å². The van der Waals surface area contributed by atoms with E-state index in [0.717, 1.165) is 12.8 Å². The number of nitrogens with zero attached hydrogens (tertiary/aromatic N) is 1. The van der Waals surface area contributed by atoms with Crippen LogP contribution < -0.4 is 16.4 Å². The van der Waals surface area contributed by atoms with Crippen LogP contribution in [0.15, 0.2) is 23.2 Å². The first-order valence-corrected chi connectivity index (χ1v) is 8.13. The molecule has 1 aromatic carbocycles. The number of para-hydroxylation sites is 1. The van der Waals surface area contributed by atoms with Crippen molar-refractivity contribution < 1.29 is 4.79 Å². The van der Waals surface area contributed by atoms with Gasteiger partial charge in [-0.2, -0.15) is 0 Å². The van der Waals surface area contributed by atoms with Gasteiger partial charge in [-0.25, -0.2) is 9.79 Å². The Labute approximate surface area is 141 Å². The zero-order valence-corrected chi connectivity index (χ0v) is 14.2. The van der Waals surface area contributed by atoms with Gasteiger partial charge in [0.25, 0.3) is 0 Å². The van der Waals surface area contributed by atoms with E-state index in [2.05, 4.69) is 22.5 Å². The van der Waals surface area contributed by atoms with E-state index in [-0.39, 0.29) is 12.0 Å². The third kappa shape index (κ3) is 7.00. The number of hydrogen-bond donors (Lipinski definition) is 3. The van der Waals surface area contributed by atoms with Crippen molar-refractivity contribution in [1.82, 2.24) is 10.6 Å². The lowest BCUT2D eigenvalue weighted by molar-refractivity contribution is 0.245. The minimum Gasteiger partial charge on any atom is -0.369 e. The maximum atomic E-state index is 11.7. The van der Waals surface area contributed by atoms with E-state index in [9.17, 15) is 4.79 Å². The van der Waals surface area contributed by atoms with E-state index in [0.29, 0.717) is 22.3 Å². The van der Waals surface area contributed by atoms with Crippen LogP contribution in [0.5, 0.6) is 0 Å². The molecule has 0 atom stereocenters. The molecule has 0 aromatic heterocycles. The van der Waals surface area contributed by atoms with E-state index < -0.39 is 0 Å². The van der Waals surface area contributed by atoms with Gasteiger partial charge in [0, 0.05) is 6.54 Å². The van der Waals surface area contributed by atoms with Gasteiger partial charge in [-0.1, -0.05) is 61.9 Å². The second kappa shape index (κ2) is 10.3. The highest BCUT2D eigenvalue weighted by atomic mass is 35.5. The zero-order valence-electron chi connectivity index (χ0n) is 12.7. The third-order valence-corrected chi connectivity index (χ3v) is 3.59. The number of benzene rings is 1. The van der Waals surface area contributed by atoms with Crippen LogP contribution in [-0.2, 0) is 0 Å². The number of carbonyl (C=O) groups excluding carboxylic acids is 1. The number of guanidine groups is 1. The lowest BCUT2D eigenvalue weighted by Crippen LogP contribution is -2.43. The molecule has 4 N–H and O–H groups in total. The van der Waals surface area contributed by atoms with E-state index in [1.54, 1.807) is 18.2 Å².